The molecule has 4 rings (SSSR count). The number of aromatic amines is 1. The molecule has 4 N–H and O–H groups in total. The van der Waals surface area contributed by atoms with Crippen molar-refractivity contribution in [2.45, 2.75) is 65.4 Å². The summed E-state index contributed by atoms with van der Waals surface area (Å²) < 4.78 is 4.85. The van der Waals surface area contributed by atoms with Gasteiger partial charge < -0.3 is 25.0 Å². The minimum atomic E-state index is -0.936. The topological polar surface area (TPSA) is 113 Å². The lowest BCUT2D eigenvalue weighted by molar-refractivity contribution is -0.858. The SMILES string of the molecule is CC.CCC(CC[NH+](C)C)OC=O.O=C(O)CC1(C(=O)NCCc2c[nH]c3ccccc23)Cc2ccccc2C1. The number of hydrogen-bond acceptors (Lipinski definition) is 4. The van der Waals surface area contributed by atoms with Gasteiger partial charge in [0.1, 0.15) is 6.10 Å². The quantitative estimate of drug-likeness (QED) is 0.257. The van der Waals surface area contributed by atoms with Crippen molar-refractivity contribution in [3.05, 3.63) is 71.4 Å². The highest BCUT2D eigenvalue weighted by molar-refractivity contribution is 5.88. The van der Waals surface area contributed by atoms with Crippen molar-refractivity contribution in [2.24, 2.45) is 5.41 Å². The van der Waals surface area contributed by atoms with Crippen LogP contribution < -0.4 is 10.2 Å². The summed E-state index contributed by atoms with van der Waals surface area (Å²) in [6.07, 6.45) is 5.45. The molecular weight excluding hydrogens is 506 g/mol. The lowest BCUT2D eigenvalue weighted by Crippen LogP contribution is -3.05. The fraction of sp³-hybridized carbons (Fsp3) is 0.469. The van der Waals surface area contributed by atoms with E-state index in [1.54, 1.807) is 0 Å². The molecule has 0 saturated carbocycles. The van der Waals surface area contributed by atoms with Gasteiger partial charge in [-0.3, -0.25) is 14.4 Å². The molecule has 1 amide bonds. The second-order valence-electron chi connectivity index (χ2n) is 10.3. The molecule has 1 aliphatic rings. The molecule has 1 aliphatic carbocycles. The van der Waals surface area contributed by atoms with Crippen LogP contribution in [0.5, 0.6) is 0 Å². The summed E-state index contributed by atoms with van der Waals surface area (Å²) in [5, 5.41) is 13.5. The predicted molar refractivity (Wildman–Crippen MR) is 158 cm³/mol. The number of aliphatic carboxylic acids is 1. The lowest BCUT2D eigenvalue weighted by Gasteiger charge is -2.26. The number of aromatic nitrogens is 1. The number of carbonyl (C=O) groups is 3. The molecule has 0 saturated heterocycles. The molecule has 1 heterocycles. The van der Waals surface area contributed by atoms with Crippen LogP contribution in [0, 0.1) is 5.41 Å². The van der Waals surface area contributed by atoms with Gasteiger partial charge in [0.25, 0.3) is 6.47 Å². The Morgan fingerprint density at radius 1 is 1.10 bits per heavy atom. The van der Waals surface area contributed by atoms with Crippen LogP contribution in [0.4, 0.5) is 0 Å². The normalized spacial score (nSPS) is 13.8. The number of para-hydroxylation sites is 1. The zero-order valence-corrected chi connectivity index (χ0v) is 24.6. The van der Waals surface area contributed by atoms with Gasteiger partial charge >= 0.3 is 5.97 Å². The lowest BCUT2D eigenvalue weighted by atomic mass is 9.80. The van der Waals surface area contributed by atoms with Gasteiger partial charge in [-0.1, -0.05) is 63.2 Å². The standard InChI is InChI=1S/C22H22N2O3.C8H17NO2.C2H6/c25-20(26)13-22(11-15-5-1-2-6-16(15)12-22)21(27)23-10-9-17-14-24-19-8-4-3-7-18(17)19;1-4-8(11-7-10)5-6-9(2)3;1-2/h1-8,14,24H,9-13H2,(H,23,27)(H,25,26);7-8H,4-6H2,1-3H3;1-2H3/p+1. The Kier molecular flexibility index (Phi) is 13.4. The van der Waals surface area contributed by atoms with Crippen LogP contribution >= 0.6 is 0 Å². The first-order valence-electron chi connectivity index (χ1n) is 14.3. The minimum absolute atomic E-state index is 0.113. The summed E-state index contributed by atoms with van der Waals surface area (Å²) >= 11 is 0. The molecule has 40 heavy (non-hydrogen) atoms. The van der Waals surface area contributed by atoms with Crippen molar-refractivity contribution in [2.75, 3.05) is 27.2 Å². The molecule has 218 valence electrons. The molecule has 0 fully saturated rings. The second-order valence-corrected chi connectivity index (χ2v) is 10.3. The summed E-state index contributed by atoms with van der Waals surface area (Å²) in [7, 11) is 4.18. The van der Waals surface area contributed by atoms with E-state index in [0.717, 1.165) is 47.0 Å². The van der Waals surface area contributed by atoms with Crippen LogP contribution in [0.15, 0.2) is 54.7 Å². The zero-order chi connectivity index (χ0) is 29.5. The van der Waals surface area contributed by atoms with Gasteiger partial charge in [0, 0.05) is 30.1 Å². The summed E-state index contributed by atoms with van der Waals surface area (Å²) in [5.74, 6) is -1.10. The number of fused-ring (bicyclic) bond motifs is 2. The van der Waals surface area contributed by atoms with Crippen molar-refractivity contribution < 1.29 is 29.1 Å². The van der Waals surface area contributed by atoms with E-state index >= 15 is 0 Å². The molecular formula is C32H46N3O5+. The third kappa shape index (κ3) is 9.23. The number of nitrogens with one attached hydrogen (secondary N) is 3. The molecule has 1 atom stereocenters. The Bertz CT molecular complexity index is 1190. The zero-order valence-electron chi connectivity index (χ0n) is 24.6. The van der Waals surface area contributed by atoms with Crippen LogP contribution in [0.25, 0.3) is 10.9 Å². The third-order valence-electron chi connectivity index (χ3n) is 7.17. The Morgan fingerprint density at radius 2 is 1.73 bits per heavy atom. The van der Waals surface area contributed by atoms with Crippen molar-refractivity contribution >= 4 is 29.3 Å². The number of amides is 1. The van der Waals surface area contributed by atoms with Gasteiger partial charge in [0.2, 0.25) is 5.91 Å². The molecule has 0 spiro atoms. The van der Waals surface area contributed by atoms with Gasteiger partial charge in [-0.2, -0.15) is 0 Å². The number of carboxylic acid groups (broad SMARTS) is 1. The van der Waals surface area contributed by atoms with Gasteiger partial charge in [-0.25, -0.2) is 0 Å². The van der Waals surface area contributed by atoms with Gasteiger partial charge in [-0.05, 0) is 48.4 Å². The predicted octanol–water partition coefficient (Wildman–Crippen LogP) is 3.59. The number of ether oxygens (including phenoxy) is 1. The molecule has 2 aromatic carbocycles. The largest absolute Gasteiger partial charge is 0.481 e. The summed E-state index contributed by atoms with van der Waals surface area (Å²) in [5.41, 5.74) is 3.48. The summed E-state index contributed by atoms with van der Waals surface area (Å²) in [6, 6.07) is 15.9. The first-order valence-corrected chi connectivity index (χ1v) is 14.3. The monoisotopic (exact) mass is 552 g/mol. The van der Waals surface area contributed by atoms with E-state index in [-0.39, 0.29) is 18.4 Å². The number of benzene rings is 2. The fourth-order valence-electron chi connectivity index (χ4n) is 5.08. The Morgan fingerprint density at radius 3 is 2.30 bits per heavy atom. The number of quaternary nitrogens is 1. The number of carbonyl (C=O) groups excluding carboxylic acids is 2. The first-order chi connectivity index (χ1) is 19.3. The van der Waals surface area contributed by atoms with E-state index in [1.165, 1.54) is 4.90 Å². The highest BCUT2D eigenvalue weighted by Crippen LogP contribution is 2.40. The minimum Gasteiger partial charge on any atom is -0.481 e. The van der Waals surface area contributed by atoms with Crippen LogP contribution in [0.1, 0.15) is 56.7 Å². The van der Waals surface area contributed by atoms with Gasteiger partial charge in [-0.15, -0.1) is 0 Å². The van der Waals surface area contributed by atoms with E-state index in [2.05, 4.69) is 30.5 Å². The Hall–Kier alpha value is -3.65. The molecule has 8 heteroatoms. The van der Waals surface area contributed by atoms with E-state index in [0.29, 0.717) is 32.3 Å². The average Bonchev–Trinajstić information content (AvgIpc) is 3.53. The average molecular weight is 553 g/mol. The van der Waals surface area contributed by atoms with Crippen LogP contribution in [0.2, 0.25) is 0 Å². The third-order valence-corrected chi connectivity index (χ3v) is 7.17. The molecule has 1 aromatic heterocycles. The molecule has 0 aliphatic heterocycles. The summed E-state index contributed by atoms with van der Waals surface area (Å²) in [6.45, 7) is 8.10. The van der Waals surface area contributed by atoms with Crippen molar-refractivity contribution in [3.63, 3.8) is 0 Å². The van der Waals surface area contributed by atoms with Crippen molar-refractivity contribution in [1.29, 1.82) is 0 Å². The maximum atomic E-state index is 13.0. The van der Waals surface area contributed by atoms with Crippen molar-refractivity contribution in [3.8, 4) is 0 Å². The number of hydrogen-bond donors (Lipinski definition) is 4. The van der Waals surface area contributed by atoms with E-state index in [4.69, 9.17) is 4.74 Å². The van der Waals surface area contributed by atoms with Crippen LogP contribution in [0.3, 0.4) is 0 Å². The fourth-order valence-corrected chi connectivity index (χ4v) is 5.08. The summed E-state index contributed by atoms with van der Waals surface area (Å²) in [4.78, 5) is 39.0. The highest BCUT2D eigenvalue weighted by atomic mass is 16.5. The van der Waals surface area contributed by atoms with Gasteiger partial charge in [0.15, 0.2) is 0 Å². The van der Waals surface area contributed by atoms with Crippen LogP contribution in [-0.2, 0) is 38.4 Å². The molecule has 1 unspecified atom stereocenters. The maximum Gasteiger partial charge on any atom is 0.304 e. The van der Waals surface area contributed by atoms with Crippen molar-refractivity contribution in [1.82, 2.24) is 10.3 Å². The molecule has 3 aromatic rings. The molecule has 0 bridgehead atoms. The van der Waals surface area contributed by atoms with E-state index in [9.17, 15) is 19.5 Å². The molecule has 8 nitrogen and oxygen atoms in total. The second kappa shape index (κ2) is 16.5. The van der Waals surface area contributed by atoms with Crippen LogP contribution in [-0.4, -0.2) is 61.7 Å². The smallest absolute Gasteiger partial charge is 0.304 e. The van der Waals surface area contributed by atoms with E-state index in [1.807, 2.05) is 69.4 Å². The Balaban J connectivity index is 0.000000366. The number of carboxylic acids is 1. The Labute approximate surface area is 238 Å². The maximum absolute atomic E-state index is 13.0. The molecule has 0 radical (unpaired) electrons. The van der Waals surface area contributed by atoms with E-state index < -0.39 is 11.4 Å². The number of rotatable bonds is 12. The first kappa shape index (κ1) is 32.6. The highest BCUT2D eigenvalue weighted by Gasteiger charge is 2.45. The number of H-pyrrole nitrogens is 1. The van der Waals surface area contributed by atoms with Gasteiger partial charge in [0.05, 0.1) is 32.5 Å².